The lowest BCUT2D eigenvalue weighted by Crippen LogP contribution is -2.23. The topological polar surface area (TPSA) is 85.6 Å². The third kappa shape index (κ3) is 4.14. The Morgan fingerprint density at radius 3 is 2.96 bits per heavy atom. The van der Waals surface area contributed by atoms with E-state index in [4.69, 9.17) is 0 Å². The Balaban J connectivity index is 1.64. The van der Waals surface area contributed by atoms with E-state index in [0.29, 0.717) is 16.8 Å². The predicted molar refractivity (Wildman–Crippen MR) is 89.4 cm³/mol. The average Bonchev–Trinajstić information content (AvgIpc) is 3.21. The van der Waals surface area contributed by atoms with Crippen molar-refractivity contribution in [3.8, 4) is 0 Å². The summed E-state index contributed by atoms with van der Waals surface area (Å²) in [6.07, 6.45) is 1.65. The third-order valence-electron chi connectivity index (χ3n) is 2.99. The van der Waals surface area contributed by atoms with Crippen LogP contribution in [-0.2, 0) is 11.3 Å². The predicted octanol–water partition coefficient (Wildman–Crippen LogP) is 2.30. The zero-order valence-corrected chi connectivity index (χ0v) is 13.9. The van der Waals surface area contributed by atoms with Crippen LogP contribution in [0.15, 0.2) is 47.1 Å². The highest BCUT2D eigenvalue weighted by atomic mass is 32.2. The minimum absolute atomic E-state index is 0.126. The van der Waals surface area contributed by atoms with Crippen molar-refractivity contribution in [2.45, 2.75) is 23.9 Å². The van der Waals surface area contributed by atoms with E-state index in [9.17, 15) is 4.79 Å². The fourth-order valence-electron chi connectivity index (χ4n) is 1.84. The van der Waals surface area contributed by atoms with Crippen LogP contribution >= 0.6 is 23.1 Å². The van der Waals surface area contributed by atoms with Crippen LogP contribution in [0.5, 0.6) is 0 Å². The maximum atomic E-state index is 12.2. The van der Waals surface area contributed by atoms with Gasteiger partial charge in [-0.25, -0.2) is 9.67 Å². The highest BCUT2D eigenvalue weighted by molar-refractivity contribution is 8.00. The molecule has 23 heavy (non-hydrogen) atoms. The standard InChI is InChI=1S/C14H14N6OS2/c1-10(12(21)16-13-15-7-8-22-13)23-14-17-18-19-20(14)9-11-5-3-2-4-6-11/h2-8,10H,9H2,1H3,(H,15,16,21)/t10-/m1/s1. The molecule has 0 radical (unpaired) electrons. The van der Waals surface area contributed by atoms with E-state index in [1.165, 1.54) is 23.1 Å². The quantitative estimate of drug-likeness (QED) is 0.689. The molecule has 1 atom stereocenters. The SMILES string of the molecule is C[C@@H](Sc1nnnn1Cc1ccccc1)C(=O)Nc1nccs1. The molecule has 0 aliphatic rings. The molecule has 0 bridgehead atoms. The maximum Gasteiger partial charge on any atom is 0.239 e. The van der Waals surface area contributed by atoms with Gasteiger partial charge in [-0.3, -0.25) is 4.79 Å². The number of thiazole rings is 1. The summed E-state index contributed by atoms with van der Waals surface area (Å²) in [6.45, 7) is 2.38. The summed E-state index contributed by atoms with van der Waals surface area (Å²) >= 11 is 2.70. The van der Waals surface area contributed by atoms with Gasteiger partial charge in [0.15, 0.2) is 5.13 Å². The number of hydrogen-bond donors (Lipinski definition) is 1. The number of hydrogen-bond acceptors (Lipinski definition) is 7. The van der Waals surface area contributed by atoms with Crippen molar-refractivity contribution in [2.24, 2.45) is 0 Å². The Bertz CT molecular complexity index is 759. The summed E-state index contributed by atoms with van der Waals surface area (Å²) in [5.74, 6) is -0.126. The molecule has 1 amide bonds. The first-order chi connectivity index (χ1) is 11.2. The fraction of sp³-hybridized carbons (Fsp3) is 0.214. The average molecular weight is 346 g/mol. The molecule has 0 fully saturated rings. The molecule has 0 spiro atoms. The number of tetrazole rings is 1. The molecule has 3 aromatic rings. The molecule has 3 rings (SSSR count). The lowest BCUT2D eigenvalue weighted by molar-refractivity contribution is -0.115. The second-order valence-corrected chi connectivity index (χ2v) is 6.89. The molecule has 1 N–H and O–H groups in total. The van der Waals surface area contributed by atoms with E-state index in [2.05, 4.69) is 25.8 Å². The summed E-state index contributed by atoms with van der Waals surface area (Å²) in [5, 5.41) is 17.2. The van der Waals surface area contributed by atoms with Gasteiger partial charge in [-0.05, 0) is 22.9 Å². The monoisotopic (exact) mass is 346 g/mol. The van der Waals surface area contributed by atoms with Crippen molar-refractivity contribution < 1.29 is 4.79 Å². The van der Waals surface area contributed by atoms with Gasteiger partial charge in [0.05, 0.1) is 11.8 Å². The van der Waals surface area contributed by atoms with Crippen LogP contribution in [0, 0.1) is 0 Å². The molecule has 2 aromatic heterocycles. The van der Waals surface area contributed by atoms with E-state index in [-0.39, 0.29) is 11.2 Å². The molecular formula is C14H14N6OS2. The number of rotatable bonds is 6. The molecule has 118 valence electrons. The minimum atomic E-state index is -0.334. The number of carbonyl (C=O) groups excluding carboxylic acids is 1. The van der Waals surface area contributed by atoms with E-state index < -0.39 is 0 Å². The number of carbonyl (C=O) groups is 1. The third-order valence-corrected chi connectivity index (χ3v) is 4.75. The molecule has 9 heteroatoms. The molecule has 2 heterocycles. The molecule has 0 saturated carbocycles. The number of thioether (sulfide) groups is 1. The van der Waals surface area contributed by atoms with Crippen molar-refractivity contribution in [1.82, 2.24) is 25.2 Å². The number of amides is 1. The highest BCUT2D eigenvalue weighted by Gasteiger charge is 2.19. The van der Waals surface area contributed by atoms with E-state index >= 15 is 0 Å². The maximum absolute atomic E-state index is 12.2. The number of anilines is 1. The van der Waals surface area contributed by atoms with Crippen molar-refractivity contribution in [3.05, 3.63) is 47.5 Å². The molecule has 7 nitrogen and oxygen atoms in total. The van der Waals surface area contributed by atoms with Crippen molar-refractivity contribution >= 4 is 34.1 Å². The largest absolute Gasteiger partial charge is 0.301 e. The van der Waals surface area contributed by atoms with Gasteiger partial charge in [-0.15, -0.1) is 16.4 Å². The molecule has 0 saturated heterocycles. The lowest BCUT2D eigenvalue weighted by Gasteiger charge is -2.10. The van der Waals surface area contributed by atoms with Crippen LogP contribution in [0.4, 0.5) is 5.13 Å². The lowest BCUT2D eigenvalue weighted by atomic mass is 10.2. The van der Waals surface area contributed by atoms with Crippen molar-refractivity contribution in [3.63, 3.8) is 0 Å². The van der Waals surface area contributed by atoms with Crippen molar-refractivity contribution in [1.29, 1.82) is 0 Å². The molecular weight excluding hydrogens is 332 g/mol. The molecule has 0 unspecified atom stereocenters. The number of nitrogens with one attached hydrogen (secondary N) is 1. The Morgan fingerprint density at radius 1 is 1.39 bits per heavy atom. The molecule has 1 aromatic carbocycles. The van der Waals surface area contributed by atoms with Crippen LogP contribution in [-0.4, -0.2) is 36.3 Å². The smallest absolute Gasteiger partial charge is 0.239 e. The number of aromatic nitrogens is 5. The first-order valence-electron chi connectivity index (χ1n) is 6.89. The van der Waals surface area contributed by atoms with Crippen LogP contribution in [0.3, 0.4) is 0 Å². The molecule has 0 aliphatic carbocycles. The summed E-state index contributed by atoms with van der Waals surface area (Å²) in [5.41, 5.74) is 1.10. The molecule has 0 aliphatic heterocycles. The minimum Gasteiger partial charge on any atom is -0.301 e. The number of benzene rings is 1. The van der Waals surface area contributed by atoms with Gasteiger partial charge in [0, 0.05) is 11.6 Å². The first kappa shape index (κ1) is 15.6. The summed E-state index contributed by atoms with van der Waals surface area (Å²) < 4.78 is 1.69. The van der Waals surface area contributed by atoms with Gasteiger partial charge in [0.25, 0.3) is 0 Å². The van der Waals surface area contributed by atoms with E-state index in [1.54, 1.807) is 10.9 Å². The van der Waals surface area contributed by atoms with Crippen LogP contribution in [0.1, 0.15) is 12.5 Å². The van der Waals surface area contributed by atoms with E-state index in [1.807, 2.05) is 42.6 Å². The van der Waals surface area contributed by atoms with Crippen LogP contribution in [0.2, 0.25) is 0 Å². The second kappa shape index (κ2) is 7.34. The second-order valence-electron chi connectivity index (χ2n) is 4.69. The Hall–Kier alpha value is -2.26. The van der Waals surface area contributed by atoms with Crippen LogP contribution < -0.4 is 5.32 Å². The van der Waals surface area contributed by atoms with Crippen molar-refractivity contribution in [2.75, 3.05) is 5.32 Å². The van der Waals surface area contributed by atoms with E-state index in [0.717, 1.165) is 5.56 Å². The van der Waals surface area contributed by atoms with Gasteiger partial charge in [-0.1, -0.05) is 42.1 Å². The van der Waals surface area contributed by atoms with Gasteiger partial charge >= 0.3 is 0 Å². The summed E-state index contributed by atoms with van der Waals surface area (Å²) in [6, 6.07) is 9.92. The summed E-state index contributed by atoms with van der Waals surface area (Å²) in [7, 11) is 0. The first-order valence-corrected chi connectivity index (χ1v) is 8.65. The van der Waals surface area contributed by atoms with Gasteiger partial charge < -0.3 is 5.32 Å². The zero-order valence-electron chi connectivity index (χ0n) is 12.3. The van der Waals surface area contributed by atoms with Gasteiger partial charge in [-0.2, -0.15) is 0 Å². The fourth-order valence-corrected chi connectivity index (χ4v) is 3.16. The highest BCUT2D eigenvalue weighted by Crippen LogP contribution is 2.22. The summed E-state index contributed by atoms with van der Waals surface area (Å²) in [4.78, 5) is 16.2. The number of nitrogens with zero attached hydrogens (tertiary/aromatic N) is 5. The normalized spacial score (nSPS) is 12.0. The Morgan fingerprint density at radius 2 is 2.22 bits per heavy atom. The van der Waals surface area contributed by atoms with Crippen LogP contribution in [0.25, 0.3) is 0 Å². The van der Waals surface area contributed by atoms with Gasteiger partial charge in [0.1, 0.15) is 0 Å². The Kier molecular flexibility index (Phi) is 4.99. The zero-order chi connectivity index (χ0) is 16.1. The Labute approximate surface area is 141 Å². The van der Waals surface area contributed by atoms with Gasteiger partial charge in [0.2, 0.25) is 11.1 Å².